The second-order valence-electron chi connectivity index (χ2n) is 7.50. The third kappa shape index (κ3) is 4.73. The van der Waals surface area contributed by atoms with Crippen LogP contribution in [0.2, 0.25) is 0 Å². The van der Waals surface area contributed by atoms with E-state index in [4.69, 9.17) is 5.11 Å². The van der Waals surface area contributed by atoms with Crippen molar-refractivity contribution in [1.82, 2.24) is 24.8 Å². The topological polar surface area (TPSA) is 74.5 Å². The van der Waals surface area contributed by atoms with Crippen LogP contribution in [0.4, 0.5) is 0 Å². The monoisotopic (exact) mass is 371 g/mol. The average Bonchev–Trinajstić information content (AvgIpc) is 3.14. The highest BCUT2D eigenvalue weighted by molar-refractivity contribution is 5.91. The van der Waals surface area contributed by atoms with Crippen molar-refractivity contribution in [3.05, 3.63) is 46.8 Å². The molecule has 1 amide bonds. The molecule has 0 radical (unpaired) electrons. The molecule has 1 saturated heterocycles. The van der Waals surface area contributed by atoms with Crippen molar-refractivity contribution in [2.45, 2.75) is 39.3 Å². The van der Waals surface area contributed by atoms with Gasteiger partial charge in [0.15, 0.2) is 5.69 Å². The van der Waals surface area contributed by atoms with Gasteiger partial charge in [0.05, 0.1) is 18.8 Å². The van der Waals surface area contributed by atoms with Gasteiger partial charge < -0.3 is 10.0 Å². The van der Waals surface area contributed by atoms with Crippen molar-refractivity contribution in [3.8, 4) is 0 Å². The molecule has 1 aliphatic rings. The van der Waals surface area contributed by atoms with Crippen molar-refractivity contribution in [2.24, 2.45) is 0 Å². The number of rotatable bonds is 6. The van der Waals surface area contributed by atoms with Gasteiger partial charge in [0, 0.05) is 26.7 Å². The molecule has 1 N–H and O–H groups in total. The van der Waals surface area contributed by atoms with Gasteiger partial charge in [0.1, 0.15) is 0 Å². The number of aliphatic hydroxyl groups excluding tert-OH is 1. The van der Waals surface area contributed by atoms with Crippen LogP contribution in [0.1, 0.15) is 46.1 Å². The van der Waals surface area contributed by atoms with Crippen molar-refractivity contribution in [1.29, 1.82) is 0 Å². The highest BCUT2D eigenvalue weighted by Crippen LogP contribution is 2.23. The van der Waals surface area contributed by atoms with Crippen molar-refractivity contribution in [2.75, 3.05) is 33.3 Å². The number of aryl methyl sites for hydroxylation is 2. The van der Waals surface area contributed by atoms with Crippen LogP contribution in [0.5, 0.6) is 0 Å². The summed E-state index contributed by atoms with van der Waals surface area (Å²) in [4.78, 5) is 16.2. The second kappa shape index (κ2) is 8.63. The van der Waals surface area contributed by atoms with Gasteiger partial charge in [-0.15, -0.1) is 5.10 Å². The first kappa shape index (κ1) is 19.5. The standard InChI is InChI=1S/C20H29N5O2/c1-15-6-7-17(16(2)11-15)12-24-8-4-5-18(13-24)25-14-19(21-22-25)20(27)23(3)9-10-26/h6-7,11,14,18,26H,4-5,8-10,12-13H2,1-3H3. The lowest BCUT2D eigenvalue weighted by Gasteiger charge is -2.32. The molecule has 7 nitrogen and oxygen atoms in total. The number of benzene rings is 1. The van der Waals surface area contributed by atoms with Gasteiger partial charge in [-0.05, 0) is 44.4 Å². The molecule has 0 bridgehead atoms. The molecule has 1 fully saturated rings. The van der Waals surface area contributed by atoms with Crippen LogP contribution in [0.3, 0.4) is 0 Å². The first-order chi connectivity index (χ1) is 13.0. The molecule has 0 spiro atoms. The maximum Gasteiger partial charge on any atom is 0.275 e. The van der Waals surface area contributed by atoms with Gasteiger partial charge in [0.25, 0.3) is 5.91 Å². The van der Waals surface area contributed by atoms with Gasteiger partial charge in [-0.1, -0.05) is 29.0 Å². The summed E-state index contributed by atoms with van der Waals surface area (Å²) < 4.78 is 1.83. The van der Waals surface area contributed by atoms with Gasteiger partial charge in [-0.2, -0.15) is 0 Å². The summed E-state index contributed by atoms with van der Waals surface area (Å²) in [6.45, 7) is 7.42. The summed E-state index contributed by atoms with van der Waals surface area (Å²) in [6, 6.07) is 6.84. The molecule has 146 valence electrons. The van der Waals surface area contributed by atoms with E-state index in [2.05, 4.69) is 47.3 Å². The van der Waals surface area contributed by atoms with E-state index in [9.17, 15) is 4.79 Å². The van der Waals surface area contributed by atoms with Gasteiger partial charge in [0.2, 0.25) is 0 Å². The summed E-state index contributed by atoms with van der Waals surface area (Å²) in [5.41, 5.74) is 4.32. The van der Waals surface area contributed by atoms with E-state index in [-0.39, 0.29) is 18.6 Å². The molecule has 7 heteroatoms. The minimum Gasteiger partial charge on any atom is -0.395 e. The maximum absolute atomic E-state index is 12.3. The van der Waals surface area contributed by atoms with Crippen molar-refractivity contribution < 1.29 is 9.90 Å². The minimum absolute atomic E-state index is 0.0631. The molecule has 1 atom stereocenters. The number of amides is 1. The zero-order valence-corrected chi connectivity index (χ0v) is 16.4. The Morgan fingerprint density at radius 1 is 1.37 bits per heavy atom. The first-order valence-electron chi connectivity index (χ1n) is 9.54. The molecule has 1 aliphatic heterocycles. The second-order valence-corrected chi connectivity index (χ2v) is 7.50. The van der Waals surface area contributed by atoms with Crippen LogP contribution in [-0.4, -0.2) is 69.1 Å². The van der Waals surface area contributed by atoms with Crippen molar-refractivity contribution >= 4 is 5.91 Å². The quantitative estimate of drug-likeness (QED) is 0.838. The third-order valence-corrected chi connectivity index (χ3v) is 5.26. The Bertz CT molecular complexity index is 788. The summed E-state index contributed by atoms with van der Waals surface area (Å²) >= 11 is 0. The Morgan fingerprint density at radius 2 is 2.19 bits per heavy atom. The Labute approximate surface area is 160 Å². The van der Waals surface area contributed by atoms with E-state index in [0.717, 1.165) is 32.5 Å². The van der Waals surface area contributed by atoms with Crippen LogP contribution in [0.15, 0.2) is 24.4 Å². The van der Waals surface area contributed by atoms with Gasteiger partial charge in [-0.3, -0.25) is 9.69 Å². The van der Waals surface area contributed by atoms with Gasteiger partial charge >= 0.3 is 0 Å². The number of carbonyl (C=O) groups excluding carboxylic acids is 1. The molecular weight excluding hydrogens is 342 g/mol. The molecule has 1 aromatic carbocycles. The van der Waals surface area contributed by atoms with Crippen LogP contribution >= 0.6 is 0 Å². The molecule has 0 aliphatic carbocycles. The largest absolute Gasteiger partial charge is 0.395 e. The molecular formula is C20H29N5O2. The SMILES string of the molecule is Cc1ccc(CN2CCCC(n3cc(C(=O)N(C)CCO)nn3)C2)c(C)c1. The molecule has 1 aromatic heterocycles. The van der Waals surface area contributed by atoms with E-state index in [0.29, 0.717) is 12.2 Å². The zero-order chi connectivity index (χ0) is 19.4. The predicted molar refractivity (Wildman–Crippen MR) is 104 cm³/mol. The van der Waals surface area contributed by atoms with Crippen LogP contribution < -0.4 is 0 Å². The molecule has 1 unspecified atom stereocenters. The average molecular weight is 371 g/mol. The van der Waals surface area contributed by atoms with E-state index < -0.39 is 0 Å². The summed E-state index contributed by atoms with van der Waals surface area (Å²) in [5.74, 6) is -0.210. The number of nitrogens with zero attached hydrogens (tertiary/aromatic N) is 5. The third-order valence-electron chi connectivity index (χ3n) is 5.26. The van der Waals surface area contributed by atoms with Crippen molar-refractivity contribution in [3.63, 3.8) is 0 Å². The number of likely N-dealkylation sites (N-methyl/N-ethyl adjacent to an activating group) is 1. The smallest absolute Gasteiger partial charge is 0.275 e. The lowest BCUT2D eigenvalue weighted by atomic mass is 10.0. The van der Waals surface area contributed by atoms with Gasteiger partial charge in [-0.25, -0.2) is 4.68 Å². The fraction of sp³-hybridized carbons (Fsp3) is 0.550. The number of hydrogen-bond acceptors (Lipinski definition) is 5. The number of aliphatic hydroxyl groups is 1. The highest BCUT2D eigenvalue weighted by Gasteiger charge is 2.24. The Hall–Kier alpha value is -2.25. The number of likely N-dealkylation sites (tertiary alicyclic amines) is 1. The fourth-order valence-corrected chi connectivity index (χ4v) is 3.66. The molecule has 3 rings (SSSR count). The van der Waals surface area contributed by atoms with E-state index in [1.807, 2.05) is 4.68 Å². The fourth-order valence-electron chi connectivity index (χ4n) is 3.66. The summed E-state index contributed by atoms with van der Waals surface area (Å²) in [7, 11) is 1.66. The molecule has 2 aromatic rings. The lowest BCUT2D eigenvalue weighted by molar-refractivity contribution is 0.0761. The molecule has 0 saturated carbocycles. The Kier molecular flexibility index (Phi) is 6.23. The highest BCUT2D eigenvalue weighted by atomic mass is 16.3. The number of piperidine rings is 1. The Morgan fingerprint density at radius 3 is 2.93 bits per heavy atom. The maximum atomic E-state index is 12.3. The van der Waals surface area contributed by atoms with Crippen LogP contribution in [0, 0.1) is 13.8 Å². The number of hydrogen-bond donors (Lipinski definition) is 1. The molecule has 2 heterocycles. The van der Waals surface area contributed by atoms with E-state index in [1.165, 1.54) is 21.6 Å². The number of aromatic nitrogens is 3. The first-order valence-corrected chi connectivity index (χ1v) is 9.54. The normalized spacial score (nSPS) is 17.9. The van der Waals surface area contributed by atoms with E-state index in [1.54, 1.807) is 13.2 Å². The van der Waals surface area contributed by atoms with Crippen LogP contribution in [-0.2, 0) is 6.54 Å². The number of carbonyl (C=O) groups is 1. The van der Waals surface area contributed by atoms with Crippen LogP contribution in [0.25, 0.3) is 0 Å². The Balaban J connectivity index is 1.65. The summed E-state index contributed by atoms with van der Waals surface area (Å²) in [6.07, 6.45) is 3.87. The summed E-state index contributed by atoms with van der Waals surface area (Å²) in [5, 5.41) is 17.2. The predicted octanol–water partition coefficient (Wildman–Crippen LogP) is 1.80. The van der Waals surface area contributed by atoms with E-state index >= 15 is 0 Å². The lowest BCUT2D eigenvalue weighted by Crippen LogP contribution is -2.36. The minimum atomic E-state index is -0.210. The zero-order valence-electron chi connectivity index (χ0n) is 16.4. The molecule has 27 heavy (non-hydrogen) atoms.